The number of rotatable bonds is 8. The highest BCUT2D eigenvalue weighted by molar-refractivity contribution is 7.98. The first-order valence-electron chi connectivity index (χ1n) is 10.4. The number of hydrogen-bond acceptors (Lipinski definition) is 7. The van der Waals surface area contributed by atoms with Gasteiger partial charge >= 0.3 is 0 Å². The second-order valence-corrected chi connectivity index (χ2v) is 9.07. The summed E-state index contributed by atoms with van der Waals surface area (Å²) >= 11 is 13.6. The molecule has 1 heterocycles. The molecule has 0 saturated carbocycles. The molecule has 35 heavy (non-hydrogen) atoms. The van der Waals surface area contributed by atoms with E-state index < -0.39 is 0 Å². The minimum atomic E-state index is -0.292. The Morgan fingerprint density at radius 3 is 2.31 bits per heavy atom. The zero-order chi connectivity index (χ0) is 25.1. The zero-order valence-electron chi connectivity index (χ0n) is 19.4. The standard InChI is InChI=1S/C25H22Cl2N2O5S/c1-31-16-7-5-6-15(11-16)29-24(30)17-12-20(32-2)22(33-3)23(34-4)21(17)28-25(29)35-13-14-8-9-18(26)19(27)10-14/h5-12H,13H2,1-4H3. The van der Waals surface area contributed by atoms with Gasteiger partial charge in [-0.1, -0.05) is 47.1 Å². The van der Waals surface area contributed by atoms with E-state index in [2.05, 4.69) is 0 Å². The fourth-order valence-corrected chi connectivity index (χ4v) is 4.89. The summed E-state index contributed by atoms with van der Waals surface area (Å²) in [5.74, 6) is 2.14. The minimum Gasteiger partial charge on any atom is -0.497 e. The Balaban J connectivity index is 1.96. The lowest BCUT2D eigenvalue weighted by Gasteiger charge is -2.18. The molecule has 0 atom stereocenters. The molecule has 0 saturated heterocycles. The van der Waals surface area contributed by atoms with Gasteiger partial charge in [0.05, 0.1) is 49.6 Å². The van der Waals surface area contributed by atoms with Gasteiger partial charge in [0.25, 0.3) is 5.56 Å². The maximum Gasteiger partial charge on any atom is 0.266 e. The molecule has 0 radical (unpaired) electrons. The van der Waals surface area contributed by atoms with Gasteiger partial charge in [0.2, 0.25) is 5.75 Å². The highest BCUT2D eigenvalue weighted by Crippen LogP contribution is 2.42. The monoisotopic (exact) mass is 532 g/mol. The van der Waals surface area contributed by atoms with E-state index in [-0.39, 0.29) is 5.56 Å². The predicted molar refractivity (Wildman–Crippen MR) is 140 cm³/mol. The number of ether oxygens (including phenoxy) is 4. The summed E-state index contributed by atoms with van der Waals surface area (Å²) in [6.45, 7) is 0. The van der Waals surface area contributed by atoms with Crippen LogP contribution in [0.25, 0.3) is 16.6 Å². The summed E-state index contributed by atoms with van der Waals surface area (Å²) in [5, 5.41) is 1.71. The van der Waals surface area contributed by atoms with Gasteiger partial charge in [-0.15, -0.1) is 0 Å². The second-order valence-electron chi connectivity index (χ2n) is 7.32. The molecular weight excluding hydrogens is 511 g/mol. The number of fused-ring (bicyclic) bond motifs is 1. The van der Waals surface area contributed by atoms with Crippen molar-refractivity contribution >= 4 is 45.9 Å². The van der Waals surface area contributed by atoms with E-state index in [1.165, 1.54) is 33.1 Å². The summed E-state index contributed by atoms with van der Waals surface area (Å²) in [6.07, 6.45) is 0. The third-order valence-electron chi connectivity index (χ3n) is 5.30. The Kier molecular flexibility index (Phi) is 7.64. The van der Waals surface area contributed by atoms with Gasteiger partial charge in [0.15, 0.2) is 16.7 Å². The second kappa shape index (κ2) is 10.7. The van der Waals surface area contributed by atoms with Crippen LogP contribution in [-0.2, 0) is 5.75 Å². The van der Waals surface area contributed by atoms with Crippen LogP contribution in [0.1, 0.15) is 5.56 Å². The van der Waals surface area contributed by atoms with Crippen molar-refractivity contribution in [1.82, 2.24) is 9.55 Å². The van der Waals surface area contributed by atoms with Crippen LogP contribution in [0, 0.1) is 0 Å². The highest BCUT2D eigenvalue weighted by atomic mass is 35.5. The summed E-state index contributed by atoms with van der Waals surface area (Å²) in [5.41, 5.74) is 1.61. The molecule has 1 aromatic heterocycles. The van der Waals surface area contributed by atoms with Crippen molar-refractivity contribution in [1.29, 1.82) is 0 Å². The Labute approximate surface area is 216 Å². The van der Waals surface area contributed by atoms with Crippen molar-refractivity contribution in [2.45, 2.75) is 10.9 Å². The largest absolute Gasteiger partial charge is 0.497 e. The molecule has 0 bridgehead atoms. The highest BCUT2D eigenvalue weighted by Gasteiger charge is 2.23. The van der Waals surface area contributed by atoms with E-state index in [0.29, 0.717) is 60.5 Å². The van der Waals surface area contributed by atoms with Gasteiger partial charge in [-0.3, -0.25) is 9.36 Å². The van der Waals surface area contributed by atoms with Crippen molar-refractivity contribution in [3.05, 3.63) is 74.5 Å². The van der Waals surface area contributed by atoms with Crippen molar-refractivity contribution in [3.63, 3.8) is 0 Å². The number of hydrogen-bond donors (Lipinski definition) is 0. The summed E-state index contributed by atoms with van der Waals surface area (Å²) < 4.78 is 23.5. The number of halogens is 2. The van der Waals surface area contributed by atoms with Crippen LogP contribution in [0.15, 0.2) is 58.5 Å². The molecule has 7 nitrogen and oxygen atoms in total. The fourth-order valence-electron chi connectivity index (χ4n) is 3.62. The van der Waals surface area contributed by atoms with Gasteiger partial charge in [0, 0.05) is 11.8 Å². The van der Waals surface area contributed by atoms with Crippen LogP contribution in [0.2, 0.25) is 10.0 Å². The van der Waals surface area contributed by atoms with E-state index in [1.807, 2.05) is 24.3 Å². The number of benzene rings is 3. The van der Waals surface area contributed by atoms with E-state index in [9.17, 15) is 4.79 Å². The lowest BCUT2D eigenvalue weighted by Crippen LogP contribution is -2.22. The molecule has 0 amide bonds. The number of thioether (sulfide) groups is 1. The quantitative estimate of drug-likeness (QED) is 0.203. The number of nitrogens with zero attached hydrogens (tertiary/aromatic N) is 2. The summed E-state index contributed by atoms with van der Waals surface area (Å²) in [4.78, 5) is 18.7. The maximum absolute atomic E-state index is 13.9. The summed E-state index contributed by atoms with van der Waals surface area (Å²) in [7, 11) is 6.07. The molecule has 4 rings (SSSR count). The number of aromatic nitrogens is 2. The molecular formula is C25H22Cl2N2O5S. The van der Waals surface area contributed by atoms with Gasteiger partial charge < -0.3 is 18.9 Å². The van der Waals surface area contributed by atoms with Crippen LogP contribution < -0.4 is 24.5 Å². The third-order valence-corrected chi connectivity index (χ3v) is 7.05. The molecule has 0 aliphatic heterocycles. The van der Waals surface area contributed by atoms with Gasteiger partial charge in [-0.2, -0.15) is 0 Å². The minimum absolute atomic E-state index is 0.292. The summed E-state index contributed by atoms with van der Waals surface area (Å²) in [6, 6.07) is 14.2. The lowest BCUT2D eigenvalue weighted by atomic mass is 10.2. The van der Waals surface area contributed by atoms with Crippen LogP contribution in [0.4, 0.5) is 0 Å². The first kappa shape index (κ1) is 25.0. The first-order chi connectivity index (χ1) is 16.9. The molecule has 0 aliphatic carbocycles. The molecule has 3 aromatic carbocycles. The SMILES string of the molecule is COc1cccc(-n2c(SCc3ccc(Cl)c(Cl)c3)nc3c(OC)c(OC)c(OC)cc3c2=O)c1. The van der Waals surface area contributed by atoms with Crippen LogP contribution in [-0.4, -0.2) is 38.0 Å². The smallest absolute Gasteiger partial charge is 0.266 e. The zero-order valence-corrected chi connectivity index (χ0v) is 21.8. The molecule has 0 spiro atoms. The lowest BCUT2D eigenvalue weighted by molar-refractivity contribution is 0.326. The molecule has 0 unspecified atom stereocenters. The number of methoxy groups -OCH3 is 4. The van der Waals surface area contributed by atoms with Crippen molar-refractivity contribution in [2.75, 3.05) is 28.4 Å². The Bertz CT molecular complexity index is 1460. The van der Waals surface area contributed by atoms with E-state index in [4.69, 9.17) is 47.1 Å². The van der Waals surface area contributed by atoms with Gasteiger partial charge in [-0.05, 0) is 35.9 Å². The Morgan fingerprint density at radius 1 is 0.886 bits per heavy atom. The molecule has 10 heteroatoms. The molecule has 0 fully saturated rings. The van der Waals surface area contributed by atoms with E-state index >= 15 is 0 Å². The van der Waals surface area contributed by atoms with Crippen LogP contribution >= 0.6 is 35.0 Å². The predicted octanol–water partition coefficient (Wildman–Crippen LogP) is 6.02. The van der Waals surface area contributed by atoms with E-state index in [0.717, 1.165) is 5.56 Å². The average molecular weight is 533 g/mol. The van der Waals surface area contributed by atoms with Crippen molar-refractivity contribution in [2.24, 2.45) is 0 Å². The van der Waals surface area contributed by atoms with Crippen molar-refractivity contribution in [3.8, 4) is 28.7 Å². The molecule has 0 N–H and O–H groups in total. The average Bonchev–Trinajstić information content (AvgIpc) is 2.88. The Morgan fingerprint density at radius 2 is 1.66 bits per heavy atom. The molecule has 4 aromatic rings. The van der Waals surface area contributed by atoms with Crippen molar-refractivity contribution < 1.29 is 18.9 Å². The fraction of sp³-hybridized carbons (Fsp3) is 0.200. The van der Waals surface area contributed by atoms with Gasteiger partial charge in [-0.25, -0.2) is 4.98 Å². The molecule has 0 aliphatic rings. The third kappa shape index (κ3) is 4.87. The normalized spacial score (nSPS) is 10.9. The Hall–Kier alpha value is -3.07. The van der Waals surface area contributed by atoms with Crippen LogP contribution in [0.5, 0.6) is 23.0 Å². The van der Waals surface area contributed by atoms with E-state index in [1.54, 1.807) is 35.9 Å². The topological polar surface area (TPSA) is 71.8 Å². The van der Waals surface area contributed by atoms with Gasteiger partial charge in [0.1, 0.15) is 11.3 Å². The van der Waals surface area contributed by atoms with Crippen LogP contribution in [0.3, 0.4) is 0 Å². The molecule has 182 valence electrons. The first-order valence-corrected chi connectivity index (χ1v) is 12.1. The maximum atomic E-state index is 13.9.